The maximum absolute atomic E-state index is 11.6. The molecular weight excluding hydrogens is 400 g/mol. The van der Waals surface area contributed by atoms with E-state index in [4.69, 9.17) is 9.68 Å². The van der Waals surface area contributed by atoms with Crippen LogP contribution in [-0.2, 0) is 24.6 Å². The maximum atomic E-state index is 11.6. The number of hydrogen-bond acceptors (Lipinski definition) is 6. The minimum absolute atomic E-state index is 0.363. The van der Waals surface area contributed by atoms with Gasteiger partial charge in [-0.05, 0) is 35.4 Å². The fraction of sp³-hybridized carbons (Fsp3) is 0.130. The van der Waals surface area contributed by atoms with Crippen LogP contribution in [0.1, 0.15) is 25.0 Å². The number of hydroxylamine groups is 4. The van der Waals surface area contributed by atoms with Crippen LogP contribution in [0.2, 0.25) is 0 Å². The fourth-order valence-electron chi connectivity index (χ4n) is 3.20. The predicted molar refractivity (Wildman–Crippen MR) is 108 cm³/mol. The summed E-state index contributed by atoms with van der Waals surface area (Å²) in [6, 6.07) is 14.2. The lowest BCUT2D eigenvalue weighted by Gasteiger charge is -2.27. The first-order chi connectivity index (χ1) is 14.8. The molecule has 8 nitrogen and oxygen atoms in total. The number of carbonyl (C=O) groups excluding carboxylic acids is 4. The van der Waals surface area contributed by atoms with Crippen LogP contribution in [0.5, 0.6) is 11.5 Å². The molecule has 31 heavy (non-hydrogen) atoms. The SMILES string of the molecule is CC(C)(c1ccc(ON2C(=O)C=CC2=O)cc1)c1ccc(ON2C(=O)C=CC2=O)cc1. The van der Waals surface area contributed by atoms with Gasteiger partial charge in [0.05, 0.1) is 0 Å². The van der Waals surface area contributed by atoms with Gasteiger partial charge in [0.1, 0.15) is 0 Å². The lowest BCUT2D eigenvalue weighted by molar-refractivity contribution is -0.163. The number of amides is 4. The standard InChI is InChI=1S/C23H18N2O6/c1-23(2,15-3-7-17(8-4-15)30-24-19(26)11-12-20(24)27)16-5-9-18(10-6-16)31-25-21(28)13-14-22(25)29/h3-14H,1-2H3. The van der Waals surface area contributed by atoms with Gasteiger partial charge in [-0.25, -0.2) is 0 Å². The van der Waals surface area contributed by atoms with Crippen LogP contribution < -0.4 is 9.68 Å². The van der Waals surface area contributed by atoms with Crippen LogP contribution in [-0.4, -0.2) is 33.8 Å². The van der Waals surface area contributed by atoms with Crippen LogP contribution in [0, 0.1) is 0 Å². The molecule has 0 aromatic heterocycles. The molecule has 0 spiro atoms. The number of imide groups is 2. The molecule has 2 aromatic carbocycles. The Morgan fingerprint density at radius 2 is 0.839 bits per heavy atom. The van der Waals surface area contributed by atoms with Crippen molar-refractivity contribution in [2.24, 2.45) is 0 Å². The lowest BCUT2D eigenvalue weighted by Crippen LogP contribution is -2.33. The summed E-state index contributed by atoms with van der Waals surface area (Å²) in [6.07, 6.45) is 4.61. The number of carbonyl (C=O) groups is 4. The van der Waals surface area contributed by atoms with E-state index >= 15 is 0 Å². The molecule has 156 valence electrons. The molecule has 8 heteroatoms. The second-order valence-corrected chi connectivity index (χ2v) is 7.46. The highest BCUT2D eigenvalue weighted by Gasteiger charge is 2.28. The third kappa shape index (κ3) is 3.83. The minimum Gasteiger partial charge on any atom is -0.369 e. The van der Waals surface area contributed by atoms with E-state index in [1.165, 1.54) is 0 Å². The van der Waals surface area contributed by atoms with Crippen molar-refractivity contribution in [2.75, 3.05) is 0 Å². The van der Waals surface area contributed by atoms with Crippen molar-refractivity contribution >= 4 is 23.6 Å². The Hall–Kier alpha value is -4.20. The van der Waals surface area contributed by atoms with Crippen molar-refractivity contribution in [3.63, 3.8) is 0 Å². The number of rotatable bonds is 6. The van der Waals surface area contributed by atoms with Crippen LogP contribution in [0.4, 0.5) is 0 Å². The Labute approximate surface area is 177 Å². The Morgan fingerprint density at radius 1 is 0.548 bits per heavy atom. The summed E-state index contributed by atoms with van der Waals surface area (Å²) in [4.78, 5) is 57.2. The van der Waals surface area contributed by atoms with Gasteiger partial charge in [0.2, 0.25) is 0 Å². The lowest BCUT2D eigenvalue weighted by atomic mass is 9.78. The van der Waals surface area contributed by atoms with Crippen molar-refractivity contribution in [3.05, 3.63) is 84.0 Å². The van der Waals surface area contributed by atoms with Gasteiger partial charge in [-0.2, -0.15) is 0 Å². The normalized spacial score (nSPS) is 15.9. The summed E-state index contributed by atoms with van der Waals surface area (Å²) in [7, 11) is 0. The van der Waals surface area contributed by atoms with Crippen LogP contribution in [0.15, 0.2) is 72.8 Å². The monoisotopic (exact) mass is 418 g/mol. The van der Waals surface area contributed by atoms with Gasteiger partial charge < -0.3 is 9.68 Å². The van der Waals surface area contributed by atoms with E-state index in [-0.39, 0.29) is 0 Å². The van der Waals surface area contributed by atoms with E-state index in [0.717, 1.165) is 35.4 Å². The summed E-state index contributed by atoms with van der Waals surface area (Å²) in [6.45, 7) is 4.07. The van der Waals surface area contributed by atoms with Gasteiger partial charge in [-0.3, -0.25) is 19.2 Å². The summed E-state index contributed by atoms with van der Waals surface area (Å²) < 4.78 is 0. The third-order valence-electron chi connectivity index (χ3n) is 5.08. The number of nitrogens with zero attached hydrogens (tertiary/aromatic N) is 2. The smallest absolute Gasteiger partial charge is 0.287 e. The molecule has 0 aliphatic carbocycles. The largest absolute Gasteiger partial charge is 0.369 e. The zero-order chi connectivity index (χ0) is 22.2. The number of benzene rings is 2. The predicted octanol–water partition coefficient (Wildman–Crippen LogP) is 2.45. The summed E-state index contributed by atoms with van der Waals surface area (Å²) >= 11 is 0. The minimum atomic E-state index is -0.523. The first-order valence-electron chi connectivity index (χ1n) is 9.45. The molecule has 0 saturated carbocycles. The molecule has 0 bridgehead atoms. The molecule has 0 atom stereocenters. The molecule has 2 heterocycles. The van der Waals surface area contributed by atoms with Crippen LogP contribution in [0.3, 0.4) is 0 Å². The highest BCUT2D eigenvalue weighted by Crippen LogP contribution is 2.33. The molecule has 2 aliphatic rings. The van der Waals surface area contributed by atoms with Gasteiger partial charge in [-0.15, -0.1) is 0 Å². The molecule has 0 N–H and O–H groups in total. The quantitative estimate of drug-likeness (QED) is 0.669. The average Bonchev–Trinajstić information content (AvgIpc) is 3.25. The zero-order valence-corrected chi connectivity index (χ0v) is 16.8. The van der Waals surface area contributed by atoms with E-state index in [1.807, 2.05) is 38.1 Å². The molecule has 0 fully saturated rings. The van der Waals surface area contributed by atoms with Gasteiger partial charge >= 0.3 is 0 Å². The Morgan fingerprint density at radius 3 is 1.13 bits per heavy atom. The van der Waals surface area contributed by atoms with Gasteiger partial charge in [-0.1, -0.05) is 48.2 Å². The van der Waals surface area contributed by atoms with Gasteiger partial charge in [0.25, 0.3) is 23.6 Å². The van der Waals surface area contributed by atoms with Gasteiger partial charge in [0, 0.05) is 29.7 Å². The van der Waals surface area contributed by atoms with Gasteiger partial charge in [0.15, 0.2) is 11.5 Å². The first kappa shape index (κ1) is 20.1. The number of hydrogen-bond donors (Lipinski definition) is 0. The van der Waals surface area contributed by atoms with Crippen molar-refractivity contribution in [1.82, 2.24) is 10.1 Å². The average molecular weight is 418 g/mol. The fourth-order valence-corrected chi connectivity index (χ4v) is 3.20. The van der Waals surface area contributed by atoms with E-state index in [2.05, 4.69) is 0 Å². The summed E-state index contributed by atoms with van der Waals surface area (Å²) in [5.41, 5.74) is 1.55. The Balaban J connectivity index is 1.46. The maximum Gasteiger partial charge on any atom is 0.287 e. The molecule has 0 saturated heterocycles. The first-order valence-corrected chi connectivity index (χ1v) is 9.45. The van der Waals surface area contributed by atoms with Crippen molar-refractivity contribution in [2.45, 2.75) is 19.3 Å². The molecule has 0 unspecified atom stereocenters. The van der Waals surface area contributed by atoms with Crippen molar-refractivity contribution < 1.29 is 28.9 Å². The second kappa shape index (κ2) is 7.56. The van der Waals surface area contributed by atoms with E-state index in [9.17, 15) is 19.2 Å². The molecule has 2 aromatic rings. The zero-order valence-electron chi connectivity index (χ0n) is 16.8. The van der Waals surface area contributed by atoms with Crippen molar-refractivity contribution in [3.8, 4) is 11.5 Å². The Kier molecular flexibility index (Phi) is 4.90. The van der Waals surface area contributed by atoms with E-state index < -0.39 is 29.0 Å². The van der Waals surface area contributed by atoms with Crippen LogP contribution in [0.25, 0.3) is 0 Å². The topological polar surface area (TPSA) is 93.2 Å². The van der Waals surface area contributed by atoms with Crippen molar-refractivity contribution in [1.29, 1.82) is 0 Å². The highest BCUT2D eigenvalue weighted by atomic mass is 16.7. The molecule has 4 amide bonds. The molecule has 2 aliphatic heterocycles. The van der Waals surface area contributed by atoms with Crippen LogP contribution >= 0.6 is 0 Å². The summed E-state index contributed by atoms with van der Waals surface area (Å²) in [5, 5.41) is 1.40. The third-order valence-corrected chi connectivity index (χ3v) is 5.08. The summed E-state index contributed by atoms with van der Waals surface area (Å²) in [5.74, 6) is -1.37. The molecule has 4 rings (SSSR count). The highest BCUT2D eigenvalue weighted by molar-refractivity contribution is 6.12. The molecule has 0 radical (unpaired) electrons. The molecular formula is C23H18N2O6. The second-order valence-electron chi connectivity index (χ2n) is 7.46. The van der Waals surface area contributed by atoms with E-state index in [0.29, 0.717) is 21.6 Å². The van der Waals surface area contributed by atoms with E-state index in [1.54, 1.807) is 24.3 Å². The Bertz CT molecular complexity index is 1000.